The minimum atomic E-state index is 0.494. The molecule has 0 saturated carbocycles. The summed E-state index contributed by atoms with van der Waals surface area (Å²) in [5.74, 6) is 1.59. The summed E-state index contributed by atoms with van der Waals surface area (Å²) in [6, 6.07) is 0.494. The van der Waals surface area contributed by atoms with Gasteiger partial charge in [-0.15, -0.1) is 0 Å². The molecule has 1 atom stereocenters. The Balaban J connectivity index is 2.19. The van der Waals surface area contributed by atoms with Crippen molar-refractivity contribution in [3.8, 4) is 5.75 Å². The SMILES string of the molecule is COc1cncnc1N(C)C1CCNC1. The summed E-state index contributed by atoms with van der Waals surface area (Å²) in [4.78, 5) is 10.4. The summed E-state index contributed by atoms with van der Waals surface area (Å²) < 4.78 is 5.24. The first kappa shape index (κ1) is 10.2. The van der Waals surface area contributed by atoms with Crippen molar-refractivity contribution in [1.82, 2.24) is 15.3 Å². The normalized spacial score (nSPS) is 20.3. The smallest absolute Gasteiger partial charge is 0.179 e. The molecule has 1 aliphatic heterocycles. The first-order chi connectivity index (χ1) is 7.33. The van der Waals surface area contributed by atoms with Gasteiger partial charge in [0.1, 0.15) is 6.33 Å². The van der Waals surface area contributed by atoms with Crippen molar-refractivity contribution in [3.05, 3.63) is 12.5 Å². The molecule has 82 valence electrons. The molecule has 1 aromatic rings. The number of anilines is 1. The van der Waals surface area contributed by atoms with Gasteiger partial charge >= 0.3 is 0 Å². The summed E-state index contributed by atoms with van der Waals surface area (Å²) in [6.45, 7) is 2.08. The maximum atomic E-state index is 5.24. The number of hydrogen-bond donors (Lipinski definition) is 1. The molecule has 2 heterocycles. The van der Waals surface area contributed by atoms with Crippen LogP contribution >= 0.6 is 0 Å². The minimum absolute atomic E-state index is 0.494. The van der Waals surface area contributed by atoms with Gasteiger partial charge in [0.2, 0.25) is 0 Å². The molecule has 1 fully saturated rings. The Hall–Kier alpha value is -1.36. The van der Waals surface area contributed by atoms with Gasteiger partial charge in [-0.25, -0.2) is 9.97 Å². The van der Waals surface area contributed by atoms with Crippen LogP contribution in [-0.4, -0.2) is 43.3 Å². The average molecular weight is 208 g/mol. The van der Waals surface area contributed by atoms with E-state index in [2.05, 4.69) is 20.2 Å². The summed E-state index contributed by atoms with van der Waals surface area (Å²) in [7, 11) is 3.69. The molecule has 1 unspecified atom stereocenters. The zero-order valence-corrected chi connectivity index (χ0v) is 9.10. The number of rotatable bonds is 3. The van der Waals surface area contributed by atoms with Crippen LogP contribution in [0.1, 0.15) is 6.42 Å². The molecule has 1 aromatic heterocycles. The van der Waals surface area contributed by atoms with E-state index in [1.807, 2.05) is 7.05 Å². The highest BCUT2D eigenvalue weighted by Gasteiger charge is 2.22. The number of methoxy groups -OCH3 is 1. The summed E-state index contributed by atoms with van der Waals surface area (Å²) in [6.07, 6.45) is 4.39. The van der Waals surface area contributed by atoms with E-state index in [-0.39, 0.29) is 0 Å². The number of ether oxygens (including phenoxy) is 1. The molecule has 15 heavy (non-hydrogen) atoms. The lowest BCUT2D eigenvalue weighted by Gasteiger charge is -2.25. The highest BCUT2D eigenvalue weighted by molar-refractivity contribution is 5.51. The quantitative estimate of drug-likeness (QED) is 0.773. The summed E-state index contributed by atoms with van der Waals surface area (Å²) >= 11 is 0. The van der Waals surface area contributed by atoms with Crippen LogP contribution in [0.3, 0.4) is 0 Å². The van der Waals surface area contributed by atoms with Crippen LogP contribution in [0.25, 0.3) is 0 Å². The van der Waals surface area contributed by atoms with Gasteiger partial charge in [0, 0.05) is 19.6 Å². The van der Waals surface area contributed by atoms with Crippen molar-refractivity contribution in [3.63, 3.8) is 0 Å². The Bertz CT molecular complexity index is 325. The number of nitrogens with zero attached hydrogens (tertiary/aromatic N) is 3. The second kappa shape index (κ2) is 4.44. The van der Waals surface area contributed by atoms with E-state index < -0.39 is 0 Å². The van der Waals surface area contributed by atoms with Gasteiger partial charge in [0.15, 0.2) is 11.6 Å². The first-order valence-corrected chi connectivity index (χ1v) is 5.10. The van der Waals surface area contributed by atoms with Gasteiger partial charge < -0.3 is 15.0 Å². The van der Waals surface area contributed by atoms with Gasteiger partial charge in [-0.3, -0.25) is 0 Å². The largest absolute Gasteiger partial charge is 0.491 e. The van der Waals surface area contributed by atoms with Crippen LogP contribution in [0, 0.1) is 0 Å². The fraction of sp³-hybridized carbons (Fsp3) is 0.600. The molecule has 1 aliphatic rings. The van der Waals surface area contributed by atoms with E-state index in [1.165, 1.54) is 0 Å². The van der Waals surface area contributed by atoms with E-state index in [4.69, 9.17) is 4.74 Å². The molecule has 1 N–H and O–H groups in total. The Labute approximate surface area is 89.5 Å². The fourth-order valence-corrected chi connectivity index (χ4v) is 1.86. The maximum Gasteiger partial charge on any atom is 0.179 e. The lowest BCUT2D eigenvalue weighted by Crippen LogP contribution is -2.34. The predicted octanol–water partition coefficient (Wildman–Crippen LogP) is 0.283. The van der Waals surface area contributed by atoms with E-state index in [9.17, 15) is 0 Å². The number of hydrogen-bond acceptors (Lipinski definition) is 5. The van der Waals surface area contributed by atoms with Gasteiger partial charge in [0.05, 0.1) is 13.3 Å². The van der Waals surface area contributed by atoms with Crippen molar-refractivity contribution in [2.24, 2.45) is 0 Å². The van der Waals surface area contributed by atoms with E-state index in [0.717, 1.165) is 31.1 Å². The van der Waals surface area contributed by atoms with Gasteiger partial charge in [0.25, 0.3) is 0 Å². The lowest BCUT2D eigenvalue weighted by molar-refractivity contribution is 0.409. The van der Waals surface area contributed by atoms with E-state index >= 15 is 0 Å². The molecular formula is C10H16N4O. The highest BCUT2D eigenvalue weighted by Crippen LogP contribution is 2.25. The lowest BCUT2D eigenvalue weighted by atomic mass is 10.2. The second-order valence-electron chi connectivity index (χ2n) is 3.67. The Morgan fingerprint density at radius 2 is 2.47 bits per heavy atom. The monoisotopic (exact) mass is 208 g/mol. The van der Waals surface area contributed by atoms with Gasteiger partial charge in [-0.2, -0.15) is 0 Å². The molecule has 2 rings (SSSR count). The molecule has 0 aromatic carbocycles. The predicted molar refractivity (Wildman–Crippen MR) is 58.3 cm³/mol. The zero-order valence-electron chi connectivity index (χ0n) is 9.10. The third-order valence-electron chi connectivity index (χ3n) is 2.79. The zero-order chi connectivity index (χ0) is 10.7. The van der Waals surface area contributed by atoms with Crippen LogP contribution in [0.5, 0.6) is 5.75 Å². The molecule has 5 heteroatoms. The number of aromatic nitrogens is 2. The molecule has 0 bridgehead atoms. The van der Waals surface area contributed by atoms with Crippen molar-refractivity contribution < 1.29 is 4.74 Å². The molecule has 0 spiro atoms. The van der Waals surface area contributed by atoms with Crippen LogP contribution in [0.2, 0.25) is 0 Å². The van der Waals surface area contributed by atoms with Crippen LogP contribution in [0.4, 0.5) is 5.82 Å². The van der Waals surface area contributed by atoms with Crippen molar-refractivity contribution in [2.75, 3.05) is 32.1 Å². The van der Waals surface area contributed by atoms with E-state index in [1.54, 1.807) is 19.6 Å². The van der Waals surface area contributed by atoms with Crippen LogP contribution in [0.15, 0.2) is 12.5 Å². The van der Waals surface area contributed by atoms with Gasteiger partial charge in [-0.1, -0.05) is 0 Å². The third kappa shape index (κ3) is 2.02. The fourth-order valence-electron chi connectivity index (χ4n) is 1.86. The number of likely N-dealkylation sites (N-methyl/N-ethyl adjacent to an activating group) is 1. The minimum Gasteiger partial charge on any atom is -0.491 e. The molecule has 1 saturated heterocycles. The summed E-state index contributed by atoms with van der Waals surface area (Å²) in [5.41, 5.74) is 0. The topological polar surface area (TPSA) is 50.3 Å². The highest BCUT2D eigenvalue weighted by atomic mass is 16.5. The number of nitrogens with one attached hydrogen (secondary N) is 1. The summed E-state index contributed by atoms with van der Waals surface area (Å²) in [5, 5.41) is 3.33. The molecule has 5 nitrogen and oxygen atoms in total. The van der Waals surface area contributed by atoms with Crippen LogP contribution < -0.4 is 15.0 Å². The van der Waals surface area contributed by atoms with Crippen LogP contribution in [-0.2, 0) is 0 Å². The molecule has 0 amide bonds. The van der Waals surface area contributed by atoms with Crippen molar-refractivity contribution in [1.29, 1.82) is 0 Å². The standard InChI is InChI=1S/C10H16N4O/c1-14(8-3-4-11-5-8)10-9(15-2)6-12-7-13-10/h6-8,11H,3-5H2,1-2H3. The second-order valence-corrected chi connectivity index (χ2v) is 3.67. The van der Waals surface area contributed by atoms with Crippen molar-refractivity contribution >= 4 is 5.82 Å². The molecular weight excluding hydrogens is 192 g/mol. The Morgan fingerprint density at radius 3 is 3.13 bits per heavy atom. The molecule has 0 aliphatic carbocycles. The third-order valence-corrected chi connectivity index (χ3v) is 2.79. The van der Waals surface area contributed by atoms with Crippen molar-refractivity contribution in [2.45, 2.75) is 12.5 Å². The Morgan fingerprint density at radius 1 is 1.60 bits per heavy atom. The van der Waals surface area contributed by atoms with Gasteiger partial charge in [-0.05, 0) is 13.0 Å². The van der Waals surface area contributed by atoms with E-state index in [0.29, 0.717) is 6.04 Å². The average Bonchev–Trinajstić information content (AvgIpc) is 2.81. The molecule has 0 radical (unpaired) electrons. The Kier molecular flexibility index (Phi) is 3.01. The maximum absolute atomic E-state index is 5.24. The first-order valence-electron chi connectivity index (χ1n) is 5.10.